The molecule has 0 saturated carbocycles. The maximum Gasteiger partial charge on any atom is 0.252 e. The third kappa shape index (κ3) is 3.88. The molecule has 2 heterocycles. The molecule has 0 spiro atoms. The molecule has 1 amide bonds. The van der Waals surface area contributed by atoms with Crippen molar-refractivity contribution < 1.29 is 4.79 Å². The number of pyridine rings is 2. The minimum atomic E-state index is -0.129. The SMILES string of the molecule is O=C(NCc1cccnc1)c1cc(-c2ccc(Br)cc2)nc2ccccc12. The molecule has 2 aromatic carbocycles. The topological polar surface area (TPSA) is 54.9 Å². The van der Waals surface area contributed by atoms with Crippen molar-refractivity contribution >= 4 is 32.7 Å². The Hall–Kier alpha value is -3.05. The van der Waals surface area contributed by atoms with Crippen molar-refractivity contribution in [2.24, 2.45) is 0 Å². The van der Waals surface area contributed by atoms with E-state index in [0.29, 0.717) is 12.1 Å². The second-order valence-corrected chi connectivity index (χ2v) is 7.04. The zero-order valence-electron chi connectivity index (χ0n) is 14.4. The third-order valence-corrected chi connectivity index (χ3v) is 4.81. The first-order valence-corrected chi connectivity index (χ1v) is 9.33. The predicted octanol–water partition coefficient (Wildman–Crippen LogP) is 4.99. The highest BCUT2D eigenvalue weighted by molar-refractivity contribution is 9.10. The van der Waals surface area contributed by atoms with E-state index >= 15 is 0 Å². The quantitative estimate of drug-likeness (QED) is 0.508. The summed E-state index contributed by atoms with van der Waals surface area (Å²) >= 11 is 3.45. The largest absolute Gasteiger partial charge is 0.348 e. The zero-order valence-corrected chi connectivity index (χ0v) is 16.0. The van der Waals surface area contributed by atoms with Gasteiger partial charge in [-0.3, -0.25) is 9.78 Å². The standard InChI is InChI=1S/C22H16BrN3O/c23-17-9-7-16(8-10-17)21-12-19(18-5-1-2-6-20(18)26-21)22(27)25-14-15-4-3-11-24-13-15/h1-13H,14H2,(H,25,27). The third-order valence-electron chi connectivity index (χ3n) is 4.28. The number of hydrogen-bond donors (Lipinski definition) is 1. The molecular formula is C22H16BrN3O. The molecule has 0 fully saturated rings. The lowest BCUT2D eigenvalue weighted by atomic mass is 10.0. The van der Waals surface area contributed by atoms with Gasteiger partial charge in [0.2, 0.25) is 0 Å². The van der Waals surface area contributed by atoms with Gasteiger partial charge in [-0.1, -0.05) is 52.3 Å². The van der Waals surface area contributed by atoms with Gasteiger partial charge in [0.25, 0.3) is 5.91 Å². The van der Waals surface area contributed by atoms with Gasteiger partial charge in [0.15, 0.2) is 0 Å². The Morgan fingerprint density at radius 3 is 2.59 bits per heavy atom. The lowest BCUT2D eigenvalue weighted by molar-refractivity contribution is 0.0952. The van der Waals surface area contributed by atoms with Crippen LogP contribution in [0.2, 0.25) is 0 Å². The van der Waals surface area contributed by atoms with Crippen LogP contribution in [0.15, 0.2) is 83.6 Å². The summed E-state index contributed by atoms with van der Waals surface area (Å²) in [5.74, 6) is -0.129. The van der Waals surface area contributed by atoms with Crippen LogP contribution >= 0.6 is 15.9 Å². The van der Waals surface area contributed by atoms with Crippen LogP contribution in [0, 0.1) is 0 Å². The molecule has 0 aliphatic rings. The van der Waals surface area contributed by atoms with E-state index in [1.807, 2.05) is 66.7 Å². The number of halogens is 1. The molecule has 2 aromatic heterocycles. The Bertz CT molecular complexity index is 1100. The van der Waals surface area contributed by atoms with E-state index in [-0.39, 0.29) is 5.91 Å². The van der Waals surface area contributed by atoms with Gasteiger partial charge in [0.1, 0.15) is 0 Å². The molecular weight excluding hydrogens is 402 g/mol. The number of fused-ring (bicyclic) bond motifs is 1. The van der Waals surface area contributed by atoms with Crippen molar-refractivity contribution in [3.05, 3.63) is 94.7 Å². The van der Waals surface area contributed by atoms with Crippen molar-refractivity contribution in [1.82, 2.24) is 15.3 Å². The molecule has 1 N–H and O–H groups in total. The van der Waals surface area contributed by atoms with Gasteiger partial charge in [0, 0.05) is 34.4 Å². The maximum absolute atomic E-state index is 12.9. The molecule has 5 heteroatoms. The van der Waals surface area contributed by atoms with Crippen LogP contribution in [0.1, 0.15) is 15.9 Å². The minimum absolute atomic E-state index is 0.129. The van der Waals surface area contributed by atoms with Crippen LogP contribution in [0.25, 0.3) is 22.2 Å². The van der Waals surface area contributed by atoms with Gasteiger partial charge < -0.3 is 5.32 Å². The highest BCUT2D eigenvalue weighted by Gasteiger charge is 2.14. The fraction of sp³-hybridized carbons (Fsp3) is 0.0455. The molecule has 4 rings (SSSR count). The van der Waals surface area contributed by atoms with E-state index in [0.717, 1.165) is 32.2 Å². The highest BCUT2D eigenvalue weighted by atomic mass is 79.9. The van der Waals surface area contributed by atoms with Gasteiger partial charge in [-0.15, -0.1) is 0 Å². The van der Waals surface area contributed by atoms with E-state index in [1.165, 1.54) is 0 Å². The molecule has 0 atom stereocenters. The highest BCUT2D eigenvalue weighted by Crippen LogP contribution is 2.26. The Morgan fingerprint density at radius 2 is 1.81 bits per heavy atom. The summed E-state index contributed by atoms with van der Waals surface area (Å²) in [6.07, 6.45) is 3.46. The predicted molar refractivity (Wildman–Crippen MR) is 110 cm³/mol. The van der Waals surface area contributed by atoms with Gasteiger partial charge in [-0.05, 0) is 35.9 Å². The van der Waals surface area contributed by atoms with E-state index < -0.39 is 0 Å². The Morgan fingerprint density at radius 1 is 1.00 bits per heavy atom. The molecule has 0 unspecified atom stereocenters. The molecule has 0 aliphatic heterocycles. The number of nitrogens with one attached hydrogen (secondary N) is 1. The molecule has 27 heavy (non-hydrogen) atoms. The summed E-state index contributed by atoms with van der Waals surface area (Å²) in [5, 5.41) is 3.82. The molecule has 0 saturated heterocycles. The van der Waals surface area contributed by atoms with Crippen LogP contribution in [0.5, 0.6) is 0 Å². The lowest BCUT2D eigenvalue weighted by Crippen LogP contribution is -2.23. The molecule has 4 aromatic rings. The number of aromatic nitrogens is 2. The number of hydrogen-bond acceptors (Lipinski definition) is 3. The molecule has 0 aliphatic carbocycles. The van der Waals surface area contributed by atoms with Crippen molar-refractivity contribution in [3.63, 3.8) is 0 Å². The van der Waals surface area contributed by atoms with Crippen LogP contribution in [0.4, 0.5) is 0 Å². The van der Waals surface area contributed by atoms with Crippen molar-refractivity contribution in [3.8, 4) is 11.3 Å². The molecule has 132 valence electrons. The summed E-state index contributed by atoms with van der Waals surface area (Å²) in [6.45, 7) is 0.428. The maximum atomic E-state index is 12.9. The summed E-state index contributed by atoms with van der Waals surface area (Å²) in [4.78, 5) is 21.7. The van der Waals surface area contributed by atoms with Gasteiger partial charge in [-0.25, -0.2) is 4.98 Å². The van der Waals surface area contributed by atoms with Crippen molar-refractivity contribution in [2.75, 3.05) is 0 Å². The second kappa shape index (κ2) is 7.68. The first-order valence-electron chi connectivity index (χ1n) is 8.53. The number of rotatable bonds is 4. The van der Waals surface area contributed by atoms with Gasteiger partial charge in [0.05, 0.1) is 16.8 Å². The fourth-order valence-corrected chi connectivity index (χ4v) is 3.18. The van der Waals surface area contributed by atoms with E-state index in [9.17, 15) is 4.79 Å². The van der Waals surface area contributed by atoms with E-state index in [2.05, 4.69) is 26.2 Å². The van der Waals surface area contributed by atoms with E-state index in [4.69, 9.17) is 4.98 Å². The average molecular weight is 418 g/mol. The Kier molecular flexibility index (Phi) is 4.94. The smallest absolute Gasteiger partial charge is 0.252 e. The van der Waals surface area contributed by atoms with Crippen molar-refractivity contribution in [1.29, 1.82) is 0 Å². The number of carbonyl (C=O) groups excluding carboxylic acids is 1. The lowest BCUT2D eigenvalue weighted by Gasteiger charge is -2.11. The number of carbonyl (C=O) groups is 1. The number of nitrogens with zero attached hydrogens (tertiary/aromatic N) is 2. The normalized spacial score (nSPS) is 10.7. The average Bonchev–Trinajstić information content (AvgIpc) is 2.72. The molecule has 0 radical (unpaired) electrons. The van der Waals surface area contributed by atoms with Crippen LogP contribution in [0.3, 0.4) is 0 Å². The number of para-hydroxylation sites is 1. The minimum Gasteiger partial charge on any atom is -0.348 e. The summed E-state index contributed by atoms with van der Waals surface area (Å²) in [7, 11) is 0. The fourth-order valence-electron chi connectivity index (χ4n) is 2.91. The molecule has 4 nitrogen and oxygen atoms in total. The summed E-state index contributed by atoms with van der Waals surface area (Å²) in [6, 6.07) is 21.2. The van der Waals surface area contributed by atoms with Crippen LogP contribution in [-0.2, 0) is 6.54 Å². The van der Waals surface area contributed by atoms with Crippen LogP contribution < -0.4 is 5.32 Å². The molecule has 0 bridgehead atoms. The zero-order chi connectivity index (χ0) is 18.6. The monoisotopic (exact) mass is 417 g/mol. The summed E-state index contributed by atoms with van der Waals surface area (Å²) in [5.41, 5.74) is 4.10. The number of benzene rings is 2. The van der Waals surface area contributed by atoms with Gasteiger partial charge >= 0.3 is 0 Å². The second-order valence-electron chi connectivity index (χ2n) is 6.12. The first kappa shape index (κ1) is 17.4. The van der Waals surface area contributed by atoms with Gasteiger partial charge in [-0.2, -0.15) is 0 Å². The van der Waals surface area contributed by atoms with Crippen molar-refractivity contribution in [2.45, 2.75) is 6.54 Å². The first-order chi connectivity index (χ1) is 13.2. The Balaban J connectivity index is 1.72. The number of amides is 1. The Labute approximate surface area is 165 Å². The summed E-state index contributed by atoms with van der Waals surface area (Å²) < 4.78 is 1.00. The van der Waals surface area contributed by atoms with Crippen LogP contribution in [-0.4, -0.2) is 15.9 Å². The van der Waals surface area contributed by atoms with E-state index in [1.54, 1.807) is 12.4 Å².